The Kier molecular flexibility index (Phi) is 6.29. The first-order valence-corrected chi connectivity index (χ1v) is 10.3. The SMILES string of the molecule is Cc1ccnc(OC2CNC(C(=O)N3CC=C(c4ccccc4)C3)C(C(=O)NO)C2)c1. The molecule has 1 aromatic carbocycles. The molecular formula is C23H26N4O4. The number of aromatic nitrogens is 1. The molecule has 8 nitrogen and oxygen atoms in total. The summed E-state index contributed by atoms with van der Waals surface area (Å²) in [6, 6.07) is 12.9. The third-order valence-corrected chi connectivity index (χ3v) is 5.75. The van der Waals surface area contributed by atoms with Gasteiger partial charge in [0.1, 0.15) is 6.10 Å². The second kappa shape index (κ2) is 9.28. The van der Waals surface area contributed by atoms with E-state index in [-0.39, 0.29) is 18.4 Å². The summed E-state index contributed by atoms with van der Waals surface area (Å²) in [4.78, 5) is 31.5. The third-order valence-electron chi connectivity index (χ3n) is 5.75. The Labute approximate surface area is 180 Å². The van der Waals surface area contributed by atoms with Crippen LogP contribution in [0, 0.1) is 12.8 Å². The van der Waals surface area contributed by atoms with Crippen molar-refractivity contribution in [1.82, 2.24) is 20.7 Å². The Hall–Kier alpha value is -3.23. The van der Waals surface area contributed by atoms with Crippen molar-refractivity contribution in [2.24, 2.45) is 5.92 Å². The van der Waals surface area contributed by atoms with Gasteiger partial charge in [-0.1, -0.05) is 36.4 Å². The van der Waals surface area contributed by atoms with Gasteiger partial charge in [-0.05, 0) is 36.1 Å². The van der Waals surface area contributed by atoms with Crippen LogP contribution < -0.4 is 15.5 Å². The number of pyridine rings is 1. The Balaban J connectivity index is 1.43. The van der Waals surface area contributed by atoms with E-state index in [2.05, 4.69) is 10.3 Å². The van der Waals surface area contributed by atoms with E-state index >= 15 is 0 Å². The number of aryl methyl sites for hydroxylation is 1. The van der Waals surface area contributed by atoms with Gasteiger partial charge < -0.3 is 15.0 Å². The summed E-state index contributed by atoms with van der Waals surface area (Å²) in [5.41, 5.74) is 4.89. The highest BCUT2D eigenvalue weighted by Crippen LogP contribution is 2.26. The van der Waals surface area contributed by atoms with E-state index in [9.17, 15) is 14.8 Å². The molecule has 2 aliphatic heterocycles. The highest BCUT2D eigenvalue weighted by atomic mass is 16.5. The van der Waals surface area contributed by atoms with Crippen molar-refractivity contribution in [3.05, 3.63) is 65.9 Å². The third kappa shape index (κ3) is 4.76. The smallest absolute Gasteiger partial charge is 0.248 e. The molecule has 1 saturated heterocycles. The minimum Gasteiger partial charge on any atom is -0.473 e. The van der Waals surface area contributed by atoms with Crippen LogP contribution >= 0.6 is 0 Å². The maximum Gasteiger partial charge on any atom is 0.248 e. The Morgan fingerprint density at radius 1 is 1.26 bits per heavy atom. The lowest BCUT2D eigenvalue weighted by Crippen LogP contribution is -2.60. The predicted octanol–water partition coefficient (Wildman–Crippen LogP) is 1.55. The first-order chi connectivity index (χ1) is 15.0. The summed E-state index contributed by atoms with van der Waals surface area (Å²) < 4.78 is 5.92. The van der Waals surface area contributed by atoms with Crippen LogP contribution in [0.3, 0.4) is 0 Å². The van der Waals surface area contributed by atoms with Gasteiger partial charge in [-0.3, -0.25) is 14.8 Å². The second-order valence-corrected chi connectivity index (χ2v) is 7.93. The predicted molar refractivity (Wildman–Crippen MR) is 114 cm³/mol. The van der Waals surface area contributed by atoms with Gasteiger partial charge >= 0.3 is 0 Å². The van der Waals surface area contributed by atoms with Gasteiger partial charge in [0.05, 0.1) is 12.0 Å². The largest absolute Gasteiger partial charge is 0.473 e. The minimum absolute atomic E-state index is 0.164. The van der Waals surface area contributed by atoms with E-state index in [1.54, 1.807) is 16.6 Å². The Morgan fingerprint density at radius 3 is 2.81 bits per heavy atom. The fraction of sp³-hybridized carbons (Fsp3) is 0.348. The van der Waals surface area contributed by atoms with Gasteiger partial charge in [-0.25, -0.2) is 10.5 Å². The number of ether oxygens (including phenoxy) is 1. The van der Waals surface area contributed by atoms with E-state index in [0.717, 1.165) is 16.7 Å². The summed E-state index contributed by atoms with van der Waals surface area (Å²) in [6.07, 6.45) is 3.64. The second-order valence-electron chi connectivity index (χ2n) is 7.93. The molecular weight excluding hydrogens is 396 g/mol. The lowest BCUT2D eigenvalue weighted by Gasteiger charge is -2.36. The number of piperidine rings is 1. The lowest BCUT2D eigenvalue weighted by atomic mass is 9.87. The van der Waals surface area contributed by atoms with Crippen LogP contribution in [0.15, 0.2) is 54.7 Å². The molecule has 1 fully saturated rings. The molecule has 162 valence electrons. The van der Waals surface area contributed by atoms with Crippen LogP contribution in [0.25, 0.3) is 5.57 Å². The number of carbonyl (C=O) groups excluding carboxylic acids is 2. The summed E-state index contributed by atoms with van der Waals surface area (Å²) in [5, 5.41) is 12.4. The number of hydrogen-bond acceptors (Lipinski definition) is 6. The van der Waals surface area contributed by atoms with Crippen molar-refractivity contribution in [1.29, 1.82) is 0 Å². The number of nitrogens with one attached hydrogen (secondary N) is 2. The first kappa shape index (κ1) is 21.0. The molecule has 0 radical (unpaired) electrons. The number of benzene rings is 1. The highest BCUT2D eigenvalue weighted by Gasteiger charge is 2.42. The zero-order chi connectivity index (χ0) is 21.8. The minimum atomic E-state index is -0.762. The average Bonchev–Trinajstić information content (AvgIpc) is 3.29. The van der Waals surface area contributed by atoms with Gasteiger partial charge in [-0.2, -0.15) is 0 Å². The van der Waals surface area contributed by atoms with Crippen LogP contribution in [0.4, 0.5) is 0 Å². The lowest BCUT2D eigenvalue weighted by molar-refractivity contribution is -0.144. The highest BCUT2D eigenvalue weighted by molar-refractivity contribution is 5.91. The van der Waals surface area contributed by atoms with E-state index in [4.69, 9.17) is 4.74 Å². The summed E-state index contributed by atoms with van der Waals surface area (Å²) in [7, 11) is 0. The van der Waals surface area contributed by atoms with Crippen LogP contribution in [-0.4, -0.2) is 58.7 Å². The maximum atomic E-state index is 13.2. The quantitative estimate of drug-likeness (QED) is 0.499. The van der Waals surface area contributed by atoms with Crippen molar-refractivity contribution in [3.8, 4) is 5.88 Å². The molecule has 3 atom stereocenters. The Bertz CT molecular complexity index is 979. The number of nitrogens with zero attached hydrogens (tertiary/aromatic N) is 2. The number of amides is 2. The topological polar surface area (TPSA) is 104 Å². The number of rotatable bonds is 5. The number of carbonyl (C=O) groups is 2. The van der Waals surface area contributed by atoms with Crippen LogP contribution in [0.2, 0.25) is 0 Å². The van der Waals surface area contributed by atoms with E-state index in [0.29, 0.717) is 25.5 Å². The van der Waals surface area contributed by atoms with Crippen molar-refractivity contribution < 1.29 is 19.5 Å². The van der Waals surface area contributed by atoms with Gasteiger partial charge in [0.25, 0.3) is 0 Å². The standard InChI is InChI=1S/C23H26N4O4/c1-15-7-9-24-20(11-15)31-18-12-19(22(28)26-30)21(25-13-18)23(29)27-10-8-17(14-27)16-5-3-2-4-6-16/h2-9,11,18-19,21,25,30H,10,12-14H2,1H3,(H,26,28). The van der Waals surface area contributed by atoms with Gasteiger partial charge in [0.2, 0.25) is 17.7 Å². The molecule has 3 unspecified atom stereocenters. The molecule has 2 aliphatic rings. The maximum absolute atomic E-state index is 13.2. The summed E-state index contributed by atoms with van der Waals surface area (Å²) >= 11 is 0. The first-order valence-electron chi connectivity index (χ1n) is 10.3. The van der Waals surface area contributed by atoms with Crippen molar-refractivity contribution in [3.63, 3.8) is 0 Å². The zero-order valence-electron chi connectivity index (χ0n) is 17.3. The molecule has 0 bridgehead atoms. The van der Waals surface area contributed by atoms with E-state index < -0.39 is 17.9 Å². The van der Waals surface area contributed by atoms with Crippen molar-refractivity contribution >= 4 is 17.4 Å². The molecule has 0 aliphatic carbocycles. The molecule has 2 amide bonds. The summed E-state index contributed by atoms with van der Waals surface area (Å²) in [6.45, 7) is 3.32. The number of hydroxylamine groups is 1. The molecule has 4 rings (SSSR count). The average molecular weight is 422 g/mol. The number of hydrogen-bond donors (Lipinski definition) is 3. The van der Waals surface area contributed by atoms with Crippen molar-refractivity contribution in [2.75, 3.05) is 19.6 Å². The van der Waals surface area contributed by atoms with Crippen LogP contribution in [0.5, 0.6) is 5.88 Å². The molecule has 8 heteroatoms. The zero-order valence-corrected chi connectivity index (χ0v) is 17.3. The molecule has 0 spiro atoms. The molecule has 2 aromatic rings. The Morgan fingerprint density at radius 2 is 2.06 bits per heavy atom. The fourth-order valence-corrected chi connectivity index (χ4v) is 4.12. The van der Waals surface area contributed by atoms with Gasteiger partial charge in [0, 0.05) is 31.9 Å². The van der Waals surface area contributed by atoms with Gasteiger partial charge in [-0.15, -0.1) is 0 Å². The molecule has 0 saturated carbocycles. The normalized spacial score (nSPS) is 23.2. The van der Waals surface area contributed by atoms with Gasteiger partial charge in [0.15, 0.2) is 0 Å². The fourth-order valence-electron chi connectivity index (χ4n) is 4.12. The molecule has 3 N–H and O–H groups in total. The van der Waals surface area contributed by atoms with E-state index in [1.807, 2.05) is 55.5 Å². The molecule has 1 aromatic heterocycles. The van der Waals surface area contributed by atoms with Crippen molar-refractivity contribution in [2.45, 2.75) is 25.5 Å². The van der Waals surface area contributed by atoms with Crippen LogP contribution in [-0.2, 0) is 9.59 Å². The summed E-state index contributed by atoms with van der Waals surface area (Å²) in [5.74, 6) is -1.06. The monoisotopic (exact) mass is 422 g/mol. The molecule has 31 heavy (non-hydrogen) atoms. The van der Waals surface area contributed by atoms with Crippen LogP contribution in [0.1, 0.15) is 17.5 Å². The van der Waals surface area contributed by atoms with E-state index in [1.165, 1.54) is 0 Å². The molecule has 3 heterocycles.